The fourth-order valence-electron chi connectivity index (χ4n) is 11.0. The van der Waals surface area contributed by atoms with E-state index in [1.807, 2.05) is 101 Å². The van der Waals surface area contributed by atoms with Gasteiger partial charge in [-0.2, -0.15) is 10.2 Å². The highest BCUT2D eigenvalue weighted by atomic mass is 16.5. The minimum Gasteiger partial charge on any atom is -0.477 e. The van der Waals surface area contributed by atoms with Crippen molar-refractivity contribution in [3.8, 4) is 22.9 Å². The van der Waals surface area contributed by atoms with Crippen LogP contribution in [-0.2, 0) is 29.1 Å². The predicted molar refractivity (Wildman–Crippen MR) is 244 cm³/mol. The third-order valence-corrected chi connectivity index (χ3v) is 14.4. The van der Waals surface area contributed by atoms with E-state index < -0.39 is 30.0 Å². The van der Waals surface area contributed by atoms with Crippen molar-refractivity contribution < 1.29 is 29.3 Å². The summed E-state index contributed by atoms with van der Waals surface area (Å²) in [5.41, 5.74) is 5.47. The van der Waals surface area contributed by atoms with Gasteiger partial charge in [0.15, 0.2) is 12.2 Å². The second-order valence-corrected chi connectivity index (χ2v) is 18.6. The highest BCUT2D eigenvalue weighted by molar-refractivity contribution is 5.84. The molecule has 2 amide bonds. The number of carbonyl (C=O) groups is 2. The molecule has 0 spiro atoms. The largest absolute Gasteiger partial charge is 0.477 e. The molecular formula is C51H54N8O6. The molecule has 65 heavy (non-hydrogen) atoms. The average molecular weight is 875 g/mol. The number of fused-ring (bicyclic) bond motifs is 4. The number of hydrogen-bond acceptors (Lipinski definition) is 10. The lowest BCUT2D eigenvalue weighted by molar-refractivity contribution is -0.130. The number of carbonyl (C=O) groups excluding carboxylic acids is 2. The Labute approximate surface area is 377 Å². The van der Waals surface area contributed by atoms with Gasteiger partial charge in [-0.05, 0) is 128 Å². The van der Waals surface area contributed by atoms with Crippen LogP contribution in [-0.4, -0.2) is 90.7 Å². The van der Waals surface area contributed by atoms with Crippen LogP contribution in [0.4, 0.5) is 11.4 Å². The van der Waals surface area contributed by atoms with Gasteiger partial charge in [-0.3, -0.25) is 9.59 Å². The lowest BCUT2D eigenvalue weighted by Crippen LogP contribution is -2.56. The molecule has 14 heteroatoms. The van der Waals surface area contributed by atoms with Crippen molar-refractivity contribution in [3.63, 3.8) is 0 Å². The molecule has 0 radical (unpaired) electrons. The lowest BCUT2D eigenvalue weighted by Gasteiger charge is -2.38. The summed E-state index contributed by atoms with van der Waals surface area (Å²) in [6, 6.07) is 33.2. The van der Waals surface area contributed by atoms with E-state index >= 15 is 0 Å². The van der Waals surface area contributed by atoms with Crippen LogP contribution >= 0.6 is 0 Å². The Morgan fingerprint density at radius 2 is 1.26 bits per heavy atom. The molecule has 8 unspecified atom stereocenters. The number of nitrogens with zero attached hydrogens (tertiary/aromatic N) is 6. The molecule has 2 aromatic heterocycles. The molecule has 334 valence electrons. The molecule has 2 bridgehead atoms. The normalized spacial score (nSPS) is 26.5. The van der Waals surface area contributed by atoms with Gasteiger partial charge in [0.2, 0.25) is 0 Å². The maximum atomic E-state index is 14.2. The first-order chi connectivity index (χ1) is 31.7. The van der Waals surface area contributed by atoms with Crippen LogP contribution in [0.3, 0.4) is 0 Å². The van der Waals surface area contributed by atoms with Crippen molar-refractivity contribution in [2.45, 2.75) is 94.0 Å². The van der Waals surface area contributed by atoms with Crippen LogP contribution in [0.1, 0.15) is 55.2 Å². The summed E-state index contributed by atoms with van der Waals surface area (Å²) in [6.45, 7) is 1.80. The number of benzene rings is 4. The Morgan fingerprint density at radius 1 is 0.677 bits per heavy atom. The molecule has 8 atom stereocenters. The van der Waals surface area contributed by atoms with E-state index in [0.717, 1.165) is 65.1 Å². The first kappa shape index (κ1) is 41.1. The molecule has 5 aliphatic rings. The third kappa shape index (κ3) is 8.21. The van der Waals surface area contributed by atoms with Crippen LogP contribution < -0.4 is 29.9 Å². The summed E-state index contributed by atoms with van der Waals surface area (Å²) in [5, 5.41) is 38.4. The summed E-state index contributed by atoms with van der Waals surface area (Å²) >= 11 is 0. The predicted octanol–water partition coefficient (Wildman–Crippen LogP) is 5.51. The fraction of sp³-hybridized carbons (Fsp3) is 0.373. The van der Waals surface area contributed by atoms with Gasteiger partial charge >= 0.3 is 0 Å². The van der Waals surface area contributed by atoms with Crippen molar-refractivity contribution in [2.24, 2.45) is 11.8 Å². The van der Waals surface area contributed by atoms with E-state index in [4.69, 9.17) is 9.47 Å². The van der Waals surface area contributed by atoms with E-state index in [-0.39, 0.29) is 36.1 Å². The Morgan fingerprint density at radius 3 is 1.88 bits per heavy atom. The number of ether oxygens (including phenoxy) is 2. The number of rotatable bonds is 12. The van der Waals surface area contributed by atoms with Gasteiger partial charge in [-0.1, -0.05) is 42.5 Å². The highest BCUT2D eigenvalue weighted by Crippen LogP contribution is 2.45. The van der Waals surface area contributed by atoms with Crippen LogP contribution in [0.25, 0.3) is 11.4 Å². The number of aromatic nitrogens is 4. The monoisotopic (exact) mass is 874 g/mol. The molecule has 4 N–H and O–H groups in total. The summed E-state index contributed by atoms with van der Waals surface area (Å²) in [6.07, 6.45) is 10.3. The minimum absolute atomic E-state index is 0.233. The molecule has 3 aliphatic carbocycles. The smallest absolute Gasteiger partial charge is 0.263 e. The SMILES string of the molecule is O=C(NC1C2CCC(C2)C1O)C1CN(Cc2ccc(-n3cccn3)cc2)c2ccc(CC3(O)CCCC3NC(=O)C3CN(Cc4ccc(-n5cccn5)cc4)c4ccccc4O3)cc2O1. The van der Waals surface area contributed by atoms with Gasteiger partial charge in [0, 0.05) is 44.3 Å². The Balaban J connectivity index is 0.794. The molecule has 4 aromatic carbocycles. The number of aliphatic hydroxyl groups is 2. The third-order valence-electron chi connectivity index (χ3n) is 14.4. The molecule has 2 aliphatic heterocycles. The van der Waals surface area contributed by atoms with Gasteiger partial charge in [0.05, 0.1) is 59.6 Å². The highest BCUT2D eigenvalue weighted by Gasteiger charge is 2.49. The average Bonchev–Trinajstić information content (AvgIpc) is 4.20. The Bertz CT molecular complexity index is 2640. The van der Waals surface area contributed by atoms with Gasteiger partial charge < -0.3 is 40.1 Å². The molecule has 0 saturated heterocycles. The topological polar surface area (TPSA) is 159 Å². The number of aliphatic hydroxyl groups excluding tert-OH is 1. The molecule has 14 nitrogen and oxygen atoms in total. The minimum atomic E-state index is -1.22. The second-order valence-electron chi connectivity index (χ2n) is 18.6. The van der Waals surface area contributed by atoms with Gasteiger partial charge in [0.25, 0.3) is 11.8 Å². The summed E-state index contributed by atoms with van der Waals surface area (Å²) in [5.74, 6) is 1.22. The van der Waals surface area contributed by atoms with E-state index in [9.17, 15) is 19.8 Å². The number of hydrogen-bond donors (Lipinski definition) is 4. The molecular weight excluding hydrogens is 821 g/mol. The summed E-state index contributed by atoms with van der Waals surface area (Å²) < 4.78 is 16.5. The van der Waals surface area contributed by atoms with Crippen LogP contribution in [0.2, 0.25) is 0 Å². The molecule has 3 saturated carbocycles. The second kappa shape index (κ2) is 17.1. The molecule has 4 heterocycles. The van der Waals surface area contributed by atoms with Crippen molar-refractivity contribution in [3.05, 3.63) is 145 Å². The van der Waals surface area contributed by atoms with Crippen molar-refractivity contribution in [1.82, 2.24) is 30.2 Å². The molecule has 3 fully saturated rings. The van der Waals surface area contributed by atoms with Gasteiger partial charge in [-0.25, -0.2) is 9.36 Å². The number of nitrogens with one attached hydrogen (secondary N) is 2. The number of amides is 2. The zero-order valence-corrected chi connectivity index (χ0v) is 36.2. The summed E-state index contributed by atoms with van der Waals surface area (Å²) in [7, 11) is 0. The maximum absolute atomic E-state index is 14.2. The lowest BCUT2D eigenvalue weighted by atomic mass is 9.89. The summed E-state index contributed by atoms with van der Waals surface area (Å²) in [4.78, 5) is 32.5. The van der Waals surface area contributed by atoms with E-state index in [1.54, 1.807) is 12.4 Å². The Hall–Kier alpha value is -6.64. The fourth-order valence-corrected chi connectivity index (χ4v) is 11.0. The van der Waals surface area contributed by atoms with Crippen molar-refractivity contribution in [2.75, 3.05) is 22.9 Å². The van der Waals surface area contributed by atoms with Crippen LogP contribution in [0.15, 0.2) is 128 Å². The van der Waals surface area contributed by atoms with Crippen LogP contribution in [0.5, 0.6) is 11.5 Å². The quantitative estimate of drug-likeness (QED) is 0.124. The first-order valence-electron chi connectivity index (χ1n) is 23.0. The van der Waals surface area contributed by atoms with Crippen molar-refractivity contribution >= 4 is 23.2 Å². The van der Waals surface area contributed by atoms with Gasteiger partial charge in [-0.15, -0.1) is 0 Å². The van der Waals surface area contributed by atoms with E-state index in [1.165, 1.54) is 0 Å². The number of anilines is 2. The van der Waals surface area contributed by atoms with E-state index in [0.29, 0.717) is 50.5 Å². The van der Waals surface area contributed by atoms with Crippen molar-refractivity contribution in [1.29, 1.82) is 0 Å². The molecule has 6 aromatic rings. The van der Waals surface area contributed by atoms with E-state index in [2.05, 4.69) is 54.9 Å². The zero-order chi connectivity index (χ0) is 44.1. The zero-order valence-electron chi connectivity index (χ0n) is 36.2. The standard InChI is InChI=1S/C51H54N8O6/c60-48-37-15-14-36(27-37)47(48)55-50(62)45-32-57(30-34-11-18-39(19-12-34)59-25-5-23-53-59)41-20-13-35(26-43(41)65-45)28-51(63)21-3-8-46(51)54-49(61)44-31-56(40-6-1-2-7-42(40)64-44)29-33-9-16-38(17-10-33)58-24-4-22-52-58/h1-2,4-7,9-13,16-20,22-26,36-37,44-48,60,63H,3,8,14-15,21,27-32H2,(H,54,61)(H,55,62). The van der Waals surface area contributed by atoms with Gasteiger partial charge in [0.1, 0.15) is 11.5 Å². The maximum Gasteiger partial charge on any atom is 0.263 e. The number of para-hydroxylation sites is 2. The first-order valence-corrected chi connectivity index (χ1v) is 23.0. The van der Waals surface area contributed by atoms with Crippen LogP contribution in [0, 0.1) is 11.8 Å². The molecule has 11 rings (SSSR count). The Kier molecular flexibility index (Phi) is 10.8.